The fraction of sp³-hybridized carbons (Fsp3) is 0.929. The van der Waals surface area contributed by atoms with Crippen molar-refractivity contribution >= 4 is 29.1 Å². The Morgan fingerprint density at radius 2 is 0.938 bits per heavy atom. The molecule has 0 amide bonds. The van der Waals surface area contributed by atoms with Crippen LogP contribution in [0, 0.1) is 17.3 Å². The van der Waals surface area contributed by atoms with E-state index in [0.717, 1.165) is 12.8 Å². The molecule has 0 aromatic carbocycles. The lowest BCUT2D eigenvalue weighted by Crippen LogP contribution is -2.48. The van der Waals surface area contributed by atoms with E-state index in [-0.39, 0.29) is 40.9 Å². The average Bonchev–Trinajstić information content (AvgIpc) is 2.69. The topological polar surface area (TPSA) is 43.4 Å². The van der Waals surface area contributed by atoms with E-state index < -0.39 is 5.41 Å². The molecular formula is C28H57AlO3. The number of hydrogen-bond acceptors (Lipinski definition) is 3. The highest BCUT2D eigenvalue weighted by atomic mass is 27.0. The van der Waals surface area contributed by atoms with Crippen molar-refractivity contribution in [2.24, 2.45) is 17.3 Å². The van der Waals surface area contributed by atoms with Crippen LogP contribution in [0.4, 0.5) is 0 Å². The molecule has 0 heterocycles. The maximum atomic E-state index is 12.7. The molecular weight excluding hydrogens is 411 g/mol. The summed E-state index contributed by atoms with van der Waals surface area (Å²) in [5.41, 5.74) is -1.00. The SMILES string of the molecule is CCCCCCCCCCCCCCCCCCOC(=O)C(C(C)=O)(C(C)C)C(C)C.[AlH3]. The van der Waals surface area contributed by atoms with E-state index in [1.807, 2.05) is 27.7 Å². The van der Waals surface area contributed by atoms with Gasteiger partial charge in [-0.3, -0.25) is 9.59 Å². The van der Waals surface area contributed by atoms with Gasteiger partial charge in [-0.25, -0.2) is 0 Å². The molecule has 4 heteroatoms. The summed E-state index contributed by atoms with van der Waals surface area (Å²) in [6.45, 7) is 12.0. The standard InChI is InChI=1S/C28H54O3.Al.3H/c1-7-8-9-10-11-12-13-14-15-16-17-18-19-20-21-22-23-31-27(30)28(24(2)3,25(4)5)26(6)29;;;;/h24-25H,7-23H2,1-6H3;;;;. The number of ether oxygens (including phenoxy) is 1. The smallest absolute Gasteiger partial charge is 0.320 e. The van der Waals surface area contributed by atoms with Gasteiger partial charge in [-0.15, -0.1) is 0 Å². The Kier molecular flexibility index (Phi) is 22.4. The van der Waals surface area contributed by atoms with Gasteiger partial charge in [0.15, 0.2) is 17.4 Å². The van der Waals surface area contributed by atoms with Crippen LogP contribution in [0.1, 0.15) is 144 Å². The van der Waals surface area contributed by atoms with Crippen molar-refractivity contribution in [1.82, 2.24) is 0 Å². The number of rotatable bonds is 21. The summed E-state index contributed by atoms with van der Waals surface area (Å²) < 4.78 is 5.55. The highest BCUT2D eigenvalue weighted by Gasteiger charge is 2.50. The molecule has 0 aliphatic rings. The van der Waals surface area contributed by atoms with E-state index in [4.69, 9.17) is 4.74 Å². The molecule has 190 valence electrons. The summed E-state index contributed by atoms with van der Waals surface area (Å²) >= 11 is 0. The minimum Gasteiger partial charge on any atom is -0.465 e. The van der Waals surface area contributed by atoms with Gasteiger partial charge in [0.2, 0.25) is 0 Å². The summed E-state index contributed by atoms with van der Waals surface area (Å²) in [4.78, 5) is 25.0. The second-order valence-electron chi connectivity index (χ2n) is 10.2. The van der Waals surface area contributed by atoms with Gasteiger partial charge in [0, 0.05) is 0 Å². The highest BCUT2D eigenvalue weighted by molar-refractivity contribution is 6.03. The minimum atomic E-state index is -1.00. The molecule has 0 unspecified atom stereocenters. The molecule has 0 saturated heterocycles. The van der Waals surface area contributed by atoms with Crippen LogP contribution < -0.4 is 0 Å². The highest BCUT2D eigenvalue weighted by Crippen LogP contribution is 2.38. The van der Waals surface area contributed by atoms with Gasteiger partial charge in [-0.2, -0.15) is 0 Å². The Morgan fingerprint density at radius 3 is 1.22 bits per heavy atom. The lowest BCUT2D eigenvalue weighted by atomic mass is 9.66. The average molecular weight is 469 g/mol. The number of unbranched alkanes of at least 4 members (excludes halogenated alkanes) is 15. The Bertz CT molecular complexity index is 452. The summed E-state index contributed by atoms with van der Waals surface area (Å²) in [6.07, 6.45) is 21.2. The van der Waals surface area contributed by atoms with Crippen LogP contribution in [-0.2, 0) is 14.3 Å². The lowest BCUT2D eigenvalue weighted by Gasteiger charge is -2.36. The Labute approximate surface area is 211 Å². The molecule has 0 spiro atoms. The molecule has 0 fully saturated rings. The zero-order valence-corrected chi connectivity index (χ0v) is 21.9. The molecule has 0 N–H and O–H groups in total. The fourth-order valence-corrected chi connectivity index (χ4v) is 5.03. The number of hydrogen-bond donors (Lipinski definition) is 0. The van der Waals surface area contributed by atoms with E-state index in [9.17, 15) is 9.59 Å². The molecule has 0 rings (SSSR count). The molecule has 0 atom stereocenters. The third-order valence-corrected chi connectivity index (χ3v) is 6.97. The van der Waals surface area contributed by atoms with Crippen LogP contribution >= 0.6 is 0 Å². The Morgan fingerprint density at radius 1 is 0.625 bits per heavy atom. The van der Waals surface area contributed by atoms with Crippen molar-refractivity contribution in [3.8, 4) is 0 Å². The van der Waals surface area contributed by atoms with Gasteiger partial charge in [0.05, 0.1) is 6.61 Å². The first kappa shape index (κ1) is 33.8. The van der Waals surface area contributed by atoms with Crippen LogP contribution in [0.2, 0.25) is 0 Å². The van der Waals surface area contributed by atoms with E-state index in [0.29, 0.717) is 6.61 Å². The Hall–Kier alpha value is -0.328. The summed E-state index contributed by atoms with van der Waals surface area (Å²) in [5.74, 6) is -0.507. The quantitative estimate of drug-likeness (QED) is 0.0758. The maximum absolute atomic E-state index is 12.7. The van der Waals surface area contributed by atoms with E-state index >= 15 is 0 Å². The third kappa shape index (κ3) is 13.4. The third-order valence-electron chi connectivity index (χ3n) is 6.97. The second kappa shape index (κ2) is 21.2. The van der Waals surface area contributed by atoms with E-state index in [1.54, 1.807) is 0 Å². The second-order valence-corrected chi connectivity index (χ2v) is 10.2. The normalized spacial score (nSPS) is 11.6. The van der Waals surface area contributed by atoms with E-state index in [1.165, 1.54) is 96.8 Å². The summed E-state index contributed by atoms with van der Waals surface area (Å²) in [6, 6.07) is 0. The molecule has 3 nitrogen and oxygen atoms in total. The number of esters is 1. The summed E-state index contributed by atoms with van der Waals surface area (Å²) in [7, 11) is 0. The number of ketones is 1. The molecule has 0 aromatic rings. The van der Waals surface area contributed by atoms with Gasteiger partial charge in [0.1, 0.15) is 11.2 Å². The molecule has 0 radical (unpaired) electrons. The molecule has 0 saturated carbocycles. The van der Waals surface area contributed by atoms with Crippen molar-refractivity contribution < 1.29 is 14.3 Å². The monoisotopic (exact) mass is 468 g/mol. The van der Waals surface area contributed by atoms with Crippen LogP contribution in [-0.4, -0.2) is 35.7 Å². The predicted molar refractivity (Wildman–Crippen MR) is 143 cm³/mol. The van der Waals surface area contributed by atoms with Crippen molar-refractivity contribution in [1.29, 1.82) is 0 Å². The van der Waals surface area contributed by atoms with Gasteiger partial charge >= 0.3 is 5.97 Å². The van der Waals surface area contributed by atoms with E-state index in [2.05, 4.69) is 6.92 Å². The fourth-order valence-electron chi connectivity index (χ4n) is 5.03. The van der Waals surface area contributed by atoms with Crippen molar-refractivity contribution in [3.05, 3.63) is 0 Å². The molecule has 0 aromatic heterocycles. The predicted octanol–water partition coefficient (Wildman–Crippen LogP) is 7.49. The lowest BCUT2D eigenvalue weighted by molar-refractivity contribution is -0.167. The van der Waals surface area contributed by atoms with Crippen molar-refractivity contribution in [3.63, 3.8) is 0 Å². The first-order valence-electron chi connectivity index (χ1n) is 13.5. The molecule has 0 aliphatic heterocycles. The van der Waals surface area contributed by atoms with Gasteiger partial charge in [0.25, 0.3) is 0 Å². The van der Waals surface area contributed by atoms with Gasteiger partial charge < -0.3 is 4.74 Å². The molecule has 0 bridgehead atoms. The van der Waals surface area contributed by atoms with Crippen molar-refractivity contribution in [2.45, 2.75) is 144 Å². The van der Waals surface area contributed by atoms with Crippen LogP contribution in [0.25, 0.3) is 0 Å². The number of carbonyl (C=O) groups excluding carboxylic acids is 2. The van der Waals surface area contributed by atoms with Gasteiger partial charge in [-0.05, 0) is 25.2 Å². The van der Waals surface area contributed by atoms with Crippen molar-refractivity contribution in [2.75, 3.05) is 6.61 Å². The molecule has 0 aliphatic carbocycles. The zero-order valence-electron chi connectivity index (χ0n) is 21.9. The minimum absolute atomic E-state index is 0. The maximum Gasteiger partial charge on any atom is 0.320 e. The first-order chi connectivity index (χ1) is 14.8. The number of carbonyl (C=O) groups is 2. The Balaban J connectivity index is 0. The summed E-state index contributed by atoms with van der Waals surface area (Å²) in [5, 5.41) is 0. The first-order valence-corrected chi connectivity index (χ1v) is 13.5. The molecule has 32 heavy (non-hydrogen) atoms. The van der Waals surface area contributed by atoms with Gasteiger partial charge in [-0.1, -0.05) is 131 Å². The van der Waals surface area contributed by atoms with Crippen LogP contribution in [0.15, 0.2) is 0 Å². The number of Topliss-reactive ketones (excluding diaryl/α,β-unsaturated/α-hetero) is 1. The van der Waals surface area contributed by atoms with Crippen LogP contribution in [0.5, 0.6) is 0 Å². The zero-order chi connectivity index (χ0) is 23.5. The largest absolute Gasteiger partial charge is 0.465 e. The van der Waals surface area contributed by atoms with Crippen LogP contribution in [0.3, 0.4) is 0 Å².